The topological polar surface area (TPSA) is 103 Å². The van der Waals surface area contributed by atoms with Gasteiger partial charge in [-0.15, -0.1) is 0 Å². The summed E-state index contributed by atoms with van der Waals surface area (Å²) in [5.41, 5.74) is 0. The van der Waals surface area contributed by atoms with Gasteiger partial charge in [0.25, 0.3) is 0 Å². The molecule has 0 aliphatic heterocycles. The average molecular weight is 337 g/mol. The Bertz CT molecular complexity index is 142. The molecule has 7 heteroatoms. The molecule has 6 nitrogen and oxygen atoms in total. The van der Waals surface area contributed by atoms with E-state index in [9.17, 15) is 0 Å². The first-order valence-electron chi connectivity index (χ1n) is 4.09. The Morgan fingerprint density at radius 3 is 0.667 bits per heavy atom. The molecule has 0 aromatic carbocycles. The zero-order valence-corrected chi connectivity index (χ0v) is 12.5. The maximum Gasteiger partial charge on any atom is 0 e. The fourth-order valence-electron chi connectivity index (χ4n) is 0.671. The number of hydrogen-bond acceptors (Lipinski definition) is 1. The molecule has 0 aliphatic carbocycles. The monoisotopic (exact) mass is 339 g/mol. The van der Waals surface area contributed by atoms with Crippen molar-refractivity contribution in [1.82, 2.24) is 4.90 Å². The van der Waals surface area contributed by atoms with Crippen molar-refractivity contribution in [3.8, 4) is 0 Å². The Morgan fingerprint density at radius 2 is 0.667 bits per heavy atom. The Morgan fingerprint density at radius 1 is 0.556 bits per heavy atom. The van der Waals surface area contributed by atoms with Crippen molar-refractivity contribution in [2.45, 2.75) is 20.8 Å². The van der Waals surface area contributed by atoms with Crippen LogP contribution < -0.4 is 0 Å². The molecule has 0 unspecified atom stereocenters. The zero-order chi connectivity index (χ0) is 15.7. The molecule has 0 fully saturated rings. The number of hydrogen-bond donors (Lipinski definition) is 0. The summed E-state index contributed by atoms with van der Waals surface area (Å²) < 4.78 is 37.5. The molecular weight excluding hydrogens is 322 g/mol. The molecule has 18 heavy (non-hydrogen) atoms. The van der Waals surface area contributed by atoms with Crippen molar-refractivity contribution in [3.63, 3.8) is 0 Å². The van der Waals surface area contributed by atoms with Gasteiger partial charge in [0.2, 0.25) is 0 Å². The van der Waals surface area contributed by atoms with Gasteiger partial charge in [-0.3, -0.25) is 0 Å². The van der Waals surface area contributed by atoms with Crippen LogP contribution in [0.15, 0.2) is 0 Å². The van der Waals surface area contributed by atoms with Crippen molar-refractivity contribution < 1.29 is 44.3 Å². The Labute approximate surface area is 123 Å². The summed E-state index contributed by atoms with van der Waals surface area (Å²) in [5.74, 6) is 0. The standard InChI is InChI=1S/C6H15N.5CO.Mo/c1-4-7(5-2)6-3;5*1-2;/h4-6H2,1-3H3;;;;;;. The van der Waals surface area contributed by atoms with Gasteiger partial charge in [0.15, 0.2) is 0 Å². The van der Waals surface area contributed by atoms with Crippen LogP contribution in [0.3, 0.4) is 0 Å². The Balaban J connectivity index is -0.0000000189. The summed E-state index contributed by atoms with van der Waals surface area (Å²) in [4.78, 5) is 2.38. The van der Waals surface area contributed by atoms with Crippen LogP contribution in [0.4, 0.5) is 0 Å². The summed E-state index contributed by atoms with van der Waals surface area (Å²) >= 11 is 0. The molecule has 0 saturated heterocycles. The number of rotatable bonds is 3. The first kappa shape index (κ1) is 43.3. The normalized spacial score (nSPS) is 4.56. The summed E-state index contributed by atoms with van der Waals surface area (Å²) in [6.45, 7) is 32.6. The van der Waals surface area contributed by atoms with Crippen molar-refractivity contribution in [2.75, 3.05) is 19.6 Å². The van der Waals surface area contributed by atoms with Gasteiger partial charge in [-0.1, -0.05) is 20.8 Å². The van der Waals surface area contributed by atoms with Crippen LogP contribution in [0.5, 0.6) is 0 Å². The maximum atomic E-state index is 7.50. The largest absolute Gasteiger partial charge is 0 e. The summed E-state index contributed by atoms with van der Waals surface area (Å²) in [6, 6.07) is 0. The minimum absolute atomic E-state index is 0. The molecule has 0 saturated carbocycles. The molecule has 0 amide bonds. The zero-order valence-electron chi connectivity index (χ0n) is 10.5. The molecule has 0 rings (SSSR count). The van der Waals surface area contributed by atoms with Gasteiger partial charge in [-0.2, -0.15) is 0 Å². The van der Waals surface area contributed by atoms with Crippen LogP contribution >= 0.6 is 0 Å². The van der Waals surface area contributed by atoms with Crippen molar-refractivity contribution in [2.24, 2.45) is 0 Å². The SMILES string of the molecule is CCN(CC)CC.[C-]#[O+].[C-]#[O+].[C-]#[O+].[C-]#[O+].[C-]#[O+].[Mo]. The predicted molar refractivity (Wildman–Crippen MR) is 53.1 cm³/mol. The van der Waals surface area contributed by atoms with E-state index in [2.05, 4.69) is 58.9 Å². The Kier molecular flexibility index (Phi) is 324. The summed E-state index contributed by atoms with van der Waals surface area (Å²) in [5, 5.41) is 0. The molecule has 0 atom stereocenters. The average Bonchev–Trinajstić information content (AvgIpc) is 2.51. The van der Waals surface area contributed by atoms with Crippen molar-refractivity contribution >= 4 is 0 Å². The molecule has 100 valence electrons. The third-order valence-corrected chi connectivity index (χ3v) is 1.34. The van der Waals surface area contributed by atoms with Crippen LogP contribution in [-0.4, -0.2) is 24.5 Å². The van der Waals surface area contributed by atoms with Crippen LogP contribution in [-0.2, 0) is 44.3 Å². The van der Waals surface area contributed by atoms with Crippen LogP contribution in [0.1, 0.15) is 20.8 Å². The van der Waals surface area contributed by atoms with Crippen LogP contribution in [0.2, 0.25) is 0 Å². The van der Waals surface area contributed by atoms with Crippen molar-refractivity contribution in [1.29, 1.82) is 0 Å². The molecule has 0 bridgehead atoms. The van der Waals surface area contributed by atoms with E-state index >= 15 is 0 Å². The minimum Gasteiger partial charge on any atom is 0 e. The molecule has 0 radical (unpaired) electrons. The van der Waals surface area contributed by atoms with Crippen LogP contribution in [0.25, 0.3) is 0 Å². The van der Waals surface area contributed by atoms with E-state index in [-0.39, 0.29) is 21.1 Å². The van der Waals surface area contributed by atoms with E-state index in [1.54, 1.807) is 0 Å². The second kappa shape index (κ2) is 135. The first-order chi connectivity index (χ1) is 8.35. The van der Waals surface area contributed by atoms with E-state index in [0.29, 0.717) is 0 Å². The molecule has 0 aromatic rings. The van der Waals surface area contributed by atoms with E-state index in [0.717, 1.165) is 0 Å². The smallest absolute Gasteiger partial charge is 0 e. The van der Waals surface area contributed by atoms with E-state index in [1.807, 2.05) is 0 Å². The van der Waals surface area contributed by atoms with Gasteiger partial charge in [-0.05, 0) is 19.6 Å². The van der Waals surface area contributed by atoms with Gasteiger partial charge >= 0.3 is 56.5 Å². The van der Waals surface area contributed by atoms with Gasteiger partial charge in [0.1, 0.15) is 0 Å². The molecule has 0 N–H and O–H groups in total. The van der Waals surface area contributed by atoms with Crippen LogP contribution in [0, 0.1) is 33.3 Å². The maximum absolute atomic E-state index is 7.50. The fourth-order valence-corrected chi connectivity index (χ4v) is 0.671. The number of nitrogens with zero attached hydrogens (tertiary/aromatic N) is 1. The minimum atomic E-state index is 0. The molecule has 0 spiro atoms. The second-order valence-corrected chi connectivity index (χ2v) is 1.62. The van der Waals surface area contributed by atoms with Gasteiger partial charge < -0.3 is 4.90 Å². The second-order valence-electron chi connectivity index (χ2n) is 1.62. The third kappa shape index (κ3) is 110. The molecular formula is C11H15MoNO5. The van der Waals surface area contributed by atoms with Gasteiger partial charge in [0.05, 0.1) is 0 Å². The quantitative estimate of drug-likeness (QED) is 0.430. The third-order valence-electron chi connectivity index (χ3n) is 1.34. The van der Waals surface area contributed by atoms with Gasteiger partial charge in [0, 0.05) is 21.1 Å². The molecule has 0 heterocycles. The summed E-state index contributed by atoms with van der Waals surface area (Å²) in [7, 11) is 0. The molecule has 0 aliphatic rings. The van der Waals surface area contributed by atoms with E-state index in [1.165, 1.54) is 19.6 Å². The Hall–Kier alpha value is -0.652. The van der Waals surface area contributed by atoms with E-state index < -0.39 is 0 Å². The fraction of sp³-hybridized carbons (Fsp3) is 0.545. The molecule has 0 aromatic heterocycles. The first-order valence-corrected chi connectivity index (χ1v) is 4.09. The van der Waals surface area contributed by atoms with Gasteiger partial charge in [-0.25, -0.2) is 0 Å². The van der Waals surface area contributed by atoms with Crippen molar-refractivity contribution in [3.05, 3.63) is 33.3 Å². The van der Waals surface area contributed by atoms with E-state index in [4.69, 9.17) is 23.3 Å². The predicted octanol–water partition coefficient (Wildman–Crippen LogP) is 1.16. The summed E-state index contributed by atoms with van der Waals surface area (Å²) in [6.07, 6.45) is 0.